The second-order valence-corrected chi connectivity index (χ2v) is 7.91. The summed E-state index contributed by atoms with van der Waals surface area (Å²) >= 11 is 5.97. The maximum atomic E-state index is 12.8. The lowest BCUT2D eigenvalue weighted by Gasteiger charge is -2.30. The van der Waals surface area contributed by atoms with Gasteiger partial charge in [0.25, 0.3) is 0 Å². The summed E-state index contributed by atoms with van der Waals surface area (Å²) in [6.45, 7) is 3.85. The molecule has 3 atom stereocenters. The number of pyridine rings is 1. The van der Waals surface area contributed by atoms with Crippen LogP contribution in [-0.2, 0) is 9.59 Å². The zero-order valence-electron chi connectivity index (χ0n) is 15.7. The van der Waals surface area contributed by atoms with Crippen molar-refractivity contribution in [3.8, 4) is 0 Å². The number of amides is 2. The first-order valence-corrected chi connectivity index (χ1v) is 9.86. The van der Waals surface area contributed by atoms with Gasteiger partial charge in [-0.3, -0.25) is 9.59 Å². The van der Waals surface area contributed by atoms with Crippen LogP contribution >= 0.6 is 11.6 Å². The Bertz CT molecular complexity index is 858. The molecule has 28 heavy (non-hydrogen) atoms. The van der Waals surface area contributed by atoms with Crippen LogP contribution in [-0.4, -0.2) is 47.9 Å². The van der Waals surface area contributed by atoms with E-state index in [0.717, 1.165) is 24.5 Å². The summed E-state index contributed by atoms with van der Waals surface area (Å²) in [5, 5.41) is 3.26. The lowest BCUT2D eigenvalue weighted by Crippen LogP contribution is -2.41. The van der Waals surface area contributed by atoms with Crippen molar-refractivity contribution in [2.24, 2.45) is 11.8 Å². The molecule has 0 radical (unpaired) electrons. The van der Waals surface area contributed by atoms with Gasteiger partial charge in [0.2, 0.25) is 11.8 Å². The minimum Gasteiger partial charge on any atom is -0.356 e. The van der Waals surface area contributed by atoms with E-state index in [9.17, 15) is 9.59 Å². The lowest BCUT2D eigenvalue weighted by atomic mass is 9.89. The van der Waals surface area contributed by atoms with Crippen LogP contribution in [0.15, 0.2) is 48.7 Å². The van der Waals surface area contributed by atoms with Crippen molar-refractivity contribution in [2.75, 3.05) is 31.1 Å². The zero-order valence-corrected chi connectivity index (χ0v) is 16.5. The van der Waals surface area contributed by atoms with Gasteiger partial charge in [-0.2, -0.15) is 0 Å². The predicted octanol–water partition coefficient (Wildman–Crippen LogP) is 2.51. The first-order chi connectivity index (χ1) is 13.5. The summed E-state index contributed by atoms with van der Waals surface area (Å²) in [5.74, 6) is 1.38. The van der Waals surface area contributed by atoms with Crippen molar-refractivity contribution < 1.29 is 9.59 Å². The molecule has 146 valence electrons. The minimum atomic E-state index is -0.191. The molecule has 1 N–H and O–H groups in total. The summed E-state index contributed by atoms with van der Waals surface area (Å²) in [5.41, 5.74) is 1.14. The first kappa shape index (κ1) is 18.7. The van der Waals surface area contributed by atoms with Gasteiger partial charge < -0.3 is 15.1 Å². The van der Waals surface area contributed by atoms with Gasteiger partial charge in [-0.25, -0.2) is 4.98 Å². The van der Waals surface area contributed by atoms with Gasteiger partial charge in [0.05, 0.1) is 17.6 Å². The maximum absolute atomic E-state index is 12.8. The number of likely N-dealkylation sites (tertiary alicyclic amines) is 1. The third-order valence-electron chi connectivity index (χ3n) is 5.65. The van der Waals surface area contributed by atoms with Crippen LogP contribution in [0.5, 0.6) is 0 Å². The number of carbonyl (C=O) groups excluding carboxylic acids is 2. The fraction of sp³-hybridized carbons (Fsp3) is 0.381. The average Bonchev–Trinajstić information content (AvgIpc) is 3.25. The molecule has 6 nitrogen and oxygen atoms in total. The number of carbonyl (C=O) groups is 2. The zero-order chi connectivity index (χ0) is 19.7. The number of hydrogen-bond acceptors (Lipinski definition) is 4. The van der Waals surface area contributed by atoms with Crippen LogP contribution < -0.4 is 10.2 Å². The Balaban J connectivity index is 1.57. The topological polar surface area (TPSA) is 65.5 Å². The van der Waals surface area contributed by atoms with Crippen molar-refractivity contribution in [2.45, 2.75) is 13.0 Å². The quantitative estimate of drug-likeness (QED) is 0.859. The molecule has 2 aromatic rings. The fourth-order valence-corrected chi connectivity index (χ4v) is 4.53. The Hall–Kier alpha value is -2.60. The van der Waals surface area contributed by atoms with Gasteiger partial charge in [-0.15, -0.1) is 0 Å². The Kier molecular flexibility index (Phi) is 5.22. The van der Waals surface area contributed by atoms with E-state index < -0.39 is 0 Å². The largest absolute Gasteiger partial charge is 0.356 e. The molecule has 2 saturated heterocycles. The Labute approximate surface area is 169 Å². The van der Waals surface area contributed by atoms with Crippen LogP contribution in [0.2, 0.25) is 5.02 Å². The molecule has 0 spiro atoms. The number of nitrogens with zero attached hydrogens (tertiary/aromatic N) is 3. The number of benzene rings is 1. The smallest absolute Gasteiger partial charge is 0.242 e. The summed E-state index contributed by atoms with van der Waals surface area (Å²) in [4.78, 5) is 32.7. The van der Waals surface area contributed by atoms with Crippen LogP contribution in [0, 0.1) is 11.8 Å². The molecule has 2 aliphatic rings. The second-order valence-electron chi connectivity index (χ2n) is 7.47. The molecule has 0 saturated carbocycles. The Morgan fingerprint density at radius 2 is 1.93 bits per heavy atom. The standard InChI is InChI=1S/C21H23ClN4O2/c1-14(27)23-10-20(28)26-12-16-11-25(19-8-7-17(22)9-24-19)13-18(16)21(26)15-5-3-2-4-6-15/h2-9,16,18,21H,10-13H2,1H3,(H,23,27)/t16-,18-,21+/m0/s1. The molecule has 1 aromatic carbocycles. The number of halogens is 1. The van der Waals surface area contributed by atoms with Gasteiger partial charge in [-0.1, -0.05) is 41.9 Å². The highest BCUT2D eigenvalue weighted by molar-refractivity contribution is 6.30. The molecule has 4 rings (SSSR count). The van der Waals surface area contributed by atoms with E-state index in [-0.39, 0.29) is 24.4 Å². The second kappa shape index (κ2) is 7.80. The first-order valence-electron chi connectivity index (χ1n) is 9.48. The maximum Gasteiger partial charge on any atom is 0.242 e. The van der Waals surface area contributed by atoms with Crippen molar-refractivity contribution in [3.63, 3.8) is 0 Å². The average molecular weight is 399 g/mol. The van der Waals surface area contributed by atoms with Gasteiger partial charge in [0.1, 0.15) is 5.82 Å². The van der Waals surface area contributed by atoms with E-state index in [1.54, 1.807) is 6.20 Å². The van der Waals surface area contributed by atoms with Crippen LogP contribution in [0.25, 0.3) is 0 Å². The molecular weight excluding hydrogens is 376 g/mol. The number of rotatable bonds is 4. The van der Waals surface area contributed by atoms with Gasteiger partial charge in [-0.05, 0) is 17.7 Å². The minimum absolute atomic E-state index is 0.00441. The third kappa shape index (κ3) is 3.69. The van der Waals surface area contributed by atoms with Crippen LogP contribution in [0.4, 0.5) is 5.82 Å². The number of aromatic nitrogens is 1. The molecule has 0 unspecified atom stereocenters. The summed E-state index contributed by atoms with van der Waals surface area (Å²) < 4.78 is 0. The van der Waals surface area contributed by atoms with Crippen LogP contribution in [0.3, 0.4) is 0 Å². The highest BCUT2D eigenvalue weighted by Crippen LogP contribution is 2.45. The molecular formula is C21H23ClN4O2. The fourth-order valence-electron chi connectivity index (χ4n) is 4.42. The predicted molar refractivity (Wildman–Crippen MR) is 108 cm³/mol. The van der Waals surface area contributed by atoms with E-state index in [1.807, 2.05) is 35.2 Å². The molecule has 2 amide bonds. The van der Waals surface area contributed by atoms with E-state index in [2.05, 4.69) is 27.3 Å². The van der Waals surface area contributed by atoms with E-state index in [4.69, 9.17) is 11.6 Å². The van der Waals surface area contributed by atoms with Gasteiger partial charge in [0.15, 0.2) is 0 Å². The summed E-state index contributed by atoms with van der Waals surface area (Å²) in [6.07, 6.45) is 1.67. The summed E-state index contributed by atoms with van der Waals surface area (Å²) in [7, 11) is 0. The molecule has 0 bridgehead atoms. The molecule has 2 aliphatic heterocycles. The normalized spacial score (nSPS) is 23.6. The van der Waals surface area contributed by atoms with Gasteiger partial charge >= 0.3 is 0 Å². The molecule has 2 fully saturated rings. The molecule has 1 aromatic heterocycles. The monoisotopic (exact) mass is 398 g/mol. The van der Waals surface area contributed by atoms with Crippen molar-refractivity contribution in [1.82, 2.24) is 15.2 Å². The number of anilines is 1. The van der Waals surface area contributed by atoms with Crippen molar-refractivity contribution >= 4 is 29.2 Å². The molecule has 0 aliphatic carbocycles. The Morgan fingerprint density at radius 3 is 2.61 bits per heavy atom. The van der Waals surface area contributed by atoms with E-state index in [1.165, 1.54) is 6.92 Å². The van der Waals surface area contributed by atoms with E-state index >= 15 is 0 Å². The highest BCUT2D eigenvalue weighted by Gasteiger charge is 2.49. The SMILES string of the molecule is CC(=O)NCC(=O)N1C[C@@H]2CN(c3ccc(Cl)cn3)C[C@@H]2[C@H]1c1ccccc1. The number of nitrogens with one attached hydrogen (secondary N) is 1. The Morgan fingerprint density at radius 1 is 1.14 bits per heavy atom. The van der Waals surface area contributed by atoms with Crippen molar-refractivity contribution in [1.29, 1.82) is 0 Å². The summed E-state index contributed by atoms with van der Waals surface area (Å²) in [6, 6.07) is 14.0. The third-order valence-corrected chi connectivity index (χ3v) is 5.87. The molecule has 3 heterocycles. The highest BCUT2D eigenvalue weighted by atomic mass is 35.5. The molecule has 7 heteroatoms. The van der Waals surface area contributed by atoms with Crippen molar-refractivity contribution in [3.05, 3.63) is 59.2 Å². The van der Waals surface area contributed by atoms with E-state index in [0.29, 0.717) is 23.4 Å². The number of fused-ring (bicyclic) bond motifs is 1. The number of hydrogen-bond donors (Lipinski definition) is 1. The van der Waals surface area contributed by atoms with Gasteiger partial charge in [0, 0.05) is 44.6 Å². The lowest BCUT2D eigenvalue weighted by molar-refractivity contribution is -0.133. The van der Waals surface area contributed by atoms with Crippen LogP contribution in [0.1, 0.15) is 18.5 Å².